The molecule has 20 heavy (non-hydrogen) atoms. The van der Waals surface area contributed by atoms with Gasteiger partial charge in [0.05, 0.1) is 17.8 Å². The molecule has 2 heterocycles. The zero-order valence-electron chi connectivity index (χ0n) is 12.1. The van der Waals surface area contributed by atoms with Crippen molar-refractivity contribution in [2.75, 3.05) is 26.8 Å². The second kappa shape index (κ2) is 7.06. The number of halogens is 1. The number of rotatable bonds is 5. The highest BCUT2D eigenvalue weighted by Gasteiger charge is 2.34. The van der Waals surface area contributed by atoms with Gasteiger partial charge in [-0.3, -0.25) is 4.79 Å². The number of hydrogen-bond acceptors (Lipinski definition) is 5. The monoisotopic (exact) mass is 303 g/mol. The molecule has 114 valence electrons. The normalized spacial score (nSPS) is 21.6. The molecule has 1 aliphatic heterocycles. The molecule has 6 nitrogen and oxygen atoms in total. The molecule has 0 aliphatic carbocycles. The molecule has 1 aliphatic rings. The quantitative estimate of drug-likeness (QED) is 0.855. The number of amides is 1. The van der Waals surface area contributed by atoms with Gasteiger partial charge in [0.15, 0.2) is 0 Å². The van der Waals surface area contributed by atoms with Crippen LogP contribution in [0.4, 0.5) is 0 Å². The van der Waals surface area contributed by atoms with E-state index in [-0.39, 0.29) is 23.9 Å². The fraction of sp³-hybridized carbons (Fsp3) is 0.692. The maximum atomic E-state index is 12.2. The molecule has 1 amide bonds. The molecule has 0 saturated carbocycles. The second-order valence-corrected chi connectivity index (χ2v) is 5.13. The van der Waals surface area contributed by atoms with Gasteiger partial charge in [-0.25, -0.2) is 0 Å². The predicted molar refractivity (Wildman–Crippen MR) is 77.4 cm³/mol. The maximum absolute atomic E-state index is 12.2. The first-order valence-corrected chi connectivity index (χ1v) is 6.53. The fourth-order valence-corrected chi connectivity index (χ4v) is 2.62. The average molecular weight is 304 g/mol. The van der Waals surface area contributed by atoms with E-state index in [9.17, 15) is 4.79 Å². The van der Waals surface area contributed by atoms with Gasteiger partial charge in [0.2, 0.25) is 0 Å². The Bertz CT molecular complexity index is 436. The molecule has 0 bridgehead atoms. The van der Waals surface area contributed by atoms with Crippen molar-refractivity contribution in [1.82, 2.24) is 15.8 Å². The Balaban J connectivity index is 0.00000200. The van der Waals surface area contributed by atoms with Gasteiger partial charge >= 0.3 is 0 Å². The van der Waals surface area contributed by atoms with Crippen molar-refractivity contribution < 1.29 is 14.1 Å². The number of methoxy groups -OCH3 is 1. The van der Waals surface area contributed by atoms with Gasteiger partial charge in [-0.1, -0.05) is 5.16 Å². The van der Waals surface area contributed by atoms with E-state index in [4.69, 9.17) is 9.26 Å². The molecule has 2 rings (SSSR count). The van der Waals surface area contributed by atoms with Crippen LogP contribution in [-0.2, 0) is 4.74 Å². The van der Waals surface area contributed by atoms with Crippen LogP contribution in [0.1, 0.15) is 34.7 Å². The van der Waals surface area contributed by atoms with E-state index in [1.807, 2.05) is 0 Å². The van der Waals surface area contributed by atoms with E-state index in [0.29, 0.717) is 30.2 Å². The van der Waals surface area contributed by atoms with E-state index < -0.39 is 0 Å². The molecular formula is C13H22ClN3O3. The lowest BCUT2D eigenvalue weighted by Crippen LogP contribution is -2.53. The summed E-state index contributed by atoms with van der Waals surface area (Å²) in [5.74, 6) is 0.413. The lowest BCUT2D eigenvalue weighted by Gasteiger charge is -2.28. The number of aryl methyl sites for hydroxylation is 2. The molecule has 0 spiro atoms. The molecule has 1 aromatic heterocycles. The molecule has 2 N–H and O–H groups in total. The standard InChI is InChI=1S/C13H21N3O3.ClH/c1-9-11(10(2)19-16-9)12(17)14-7-13(8-18-3)5-4-6-15-13;/h15H,4-8H2,1-3H3,(H,14,17);1H. The van der Waals surface area contributed by atoms with Crippen molar-refractivity contribution in [3.8, 4) is 0 Å². The van der Waals surface area contributed by atoms with E-state index in [1.54, 1.807) is 21.0 Å². The summed E-state index contributed by atoms with van der Waals surface area (Å²) in [6.45, 7) is 5.61. The Labute approximate surface area is 125 Å². The van der Waals surface area contributed by atoms with Crippen molar-refractivity contribution in [3.63, 3.8) is 0 Å². The number of carbonyl (C=O) groups excluding carboxylic acids is 1. The van der Waals surface area contributed by atoms with Gasteiger partial charge in [0.1, 0.15) is 11.3 Å². The Kier molecular flexibility index (Phi) is 5.98. The summed E-state index contributed by atoms with van der Waals surface area (Å²) in [5, 5.41) is 10.2. The Morgan fingerprint density at radius 1 is 1.55 bits per heavy atom. The second-order valence-electron chi connectivity index (χ2n) is 5.13. The van der Waals surface area contributed by atoms with Crippen LogP contribution in [-0.4, -0.2) is 43.4 Å². The number of nitrogens with one attached hydrogen (secondary N) is 2. The van der Waals surface area contributed by atoms with Crippen LogP contribution in [0, 0.1) is 13.8 Å². The minimum atomic E-state index is -0.149. The summed E-state index contributed by atoms with van der Waals surface area (Å²) in [6, 6.07) is 0. The molecule has 1 fully saturated rings. The van der Waals surface area contributed by atoms with Gasteiger partial charge in [-0.15, -0.1) is 12.4 Å². The predicted octanol–water partition coefficient (Wildman–Crippen LogP) is 1.21. The molecule has 1 unspecified atom stereocenters. The molecule has 1 aromatic rings. The third kappa shape index (κ3) is 3.50. The Morgan fingerprint density at radius 3 is 2.80 bits per heavy atom. The van der Waals surface area contributed by atoms with Crippen LogP contribution < -0.4 is 10.6 Å². The zero-order valence-corrected chi connectivity index (χ0v) is 12.9. The van der Waals surface area contributed by atoms with E-state index >= 15 is 0 Å². The molecular weight excluding hydrogens is 282 g/mol. The summed E-state index contributed by atoms with van der Waals surface area (Å²) >= 11 is 0. The van der Waals surface area contributed by atoms with Gasteiger partial charge in [0.25, 0.3) is 5.91 Å². The first-order chi connectivity index (χ1) is 9.08. The van der Waals surface area contributed by atoms with Crippen molar-refractivity contribution in [1.29, 1.82) is 0 Å². The van der Waals surface area contributed by atoms with Gasteiger partial charge < -0.3 is 19.9 Å². The smallest absolute Gasteiger partial charge is 0.256 e. The van der Waals surface area contributed by atoms with Crippen LogP contribution in [0.2, 0.25) is 0 Å². The largest absolute Gasteiger partial charge is 0.383 e. The van der Waals surface area contributed by atoms with Gasteiger partial charge in [0, 0.05) is 13.7 Å². The Hall–Kier alpha value is -1.11. The third-order valence-electron chi connectivity index (χ3n) is 3.60. The fourth-order valence-electron chi connectivity index (χ4n) is 2.62. The van der Waals surface area contributed by atoms with Crippen molar-refractivity contribution in [3.05, 3.63) is 17.0 Å². The van der Waals surface area contributed by atoms with E-state index in [1.165, 1.54) is 0 Å². The number of ether oxygens (including phenoxy) is 1. The summed E-state index contributed by atoms with van der Waals surface area (Å²) < 4.78 is 10.3. The van der Waals surface area contributed by atoms with Gasteiger partial charge in [-0.05, 0) is 33.2 Å². The lowest BCUT2D eigenvalue weighted by molar-refractivity contribution is 0.0890. The minimum absolute atomic E-state index is 0. The van der Waals surface area contributed by atoms with Crippen LogP contribution in [0.25, 0.3) is 0 Å². The highest BCUT2D eigenvalue weighted by atomic mass is 35.5. The van der Waals surface area contributed by atoms with Crippen molar-refractivity contribution in [2.24, 2.45) is 0 Å². The molecule has 7 heteroatoms. The lowest BCUT2D eigenvalue weighted by atomic mass is 9.98. The number of hydrogen-bond donors (Lipinski definition) is 2. The van der Waals surface area contributed by atoms with Crippen molar-refractivity contribution in [2.45, 2.75) is 32.2 Å². The van der Waals surface area contributed by atoms with Gasteiger partial charge in [-0.2, -0.15) is 0 Å². The molecule has 1 saturated heterocycles. The average Bonchev–Trinajstić information content (AvgIpc) is 2.96. The molecule has 0 radical (unpaired) electrons. The van der Waals surface area contributed by atoms with Crippen LogP contribution in [0.3, 0.4) is 0 Å². The zero-order chi connectivity index (χ0) is 13.9. The Morgan fingerprint density at radius 2 is 2.30 bits per heavy atom. The summed E-state index contributed by atoms with van der Waals surface area (Å²) in [4.78, 5) is 12.2. The maximum Gasteiger partial charge on any atom is 0.256 e. The first-order valence-electron chi connectivity index (χ1n) is 6.53. The highest BCUT2D eigenvalue weighted by molar-refractivity contribution is 5.96. The van der Waals surface area contributed by atoms with Crippen LogP contribution >= 0.6 is 12.4 Å². The highest BCUT2D eigenvalue weighted by Crippen LogP contribution is 2.19. The first kappa shape index (κ1) is 16.9. The van der Waals surface area contributed by atoms with E-state index in [2.05, 4.69) is 15.8 Å². The minimum Gasteiger partial charge on any atom is -0.383 e. The van der Waals surface area contributed by atoms with E-state index in [0.717, 1.165) is 19.4 Å². The topological polar surface area (TPSA) is 76.4 Å². The SMILES string of the molecule is COCC1(CNC(=O)c2c(C)noc2C)CCCN1.Cl. The summed E-state index contributed by atoms with van der Waals surface area (Å²) in [6.07, 6.45) is 2.10. The molecule has 1 atom stereocenters. The summed E-state index contributed by atoms with van der Waals surface area (Å²) in [7, 11) is 1.68. The number of aromatic nitrogens is 1. The summed E-state index contributed by atoms with van der Waals surface area (Å²) in [5.41, 5.74) is 1.00. The molecule has 0 aromatic carbocycles. The van der Waals surface area contributed by atoms with Crippen LogP contribution in [0.15, 0.2) is 4.52 Å². The third-order valence-corrected chi connectivity index (χ3v) is 3.60. The van der Waals surface area contributed by atoms with Crippen molar-refractivity contribution >= 4 is 18.3 Å². The number of nitrogens with zero attached hydrogens (tertiary/aromatic N) is 1. The van der Waals surface area contributed by atoms with Crippen LogP contribution in [0.5, 0.6) is 0 Å². The number of carbonyl (C=O) groups is 1.